The third-order valence-corrected chi connectivity index (χ3v) is 1.01. The highest BCUT2D eigenvalue weighted by molar-refractivity contribution is 6.55. The lowest BCUT2D eigenvalue weighted by molar-refractivity contribution is 0.758. The van der Waals surface area contributed by atoms with E-state index in [0.717, 1.165) is 5.59 Å². The summed E-state index contributed by atoms with van der Waals surface area (Å²) >= 11 is 0. The summed E-state index contributed by atoms with van der Waals surface area (Å²) in [6.45, 7) is 6.38. The fourth-order valence-corrected chi connectivity index (χ4v) is 0.724. The van der Waals surface area contributed by atoms with Crippen molar-refractivity contribution >= 4 is 12.9 Å². The first-order valence-electron chi connectivity index (χ1n) is 3.30. The van der Waals surface area contributed by atoms with Crippen LogP contribution in [0.25, 0.3) is 0 Å². The molecule has 0 spiro atoms. The van der Waals surface area contributed by atoms with Crippen LogP contribution in [0.1, 0.15) is 20.8 Å². The molecule has 0 atom stereocenters. The van der Waals surface area contributed by atoms with Gasteiger partial charge in [0, 0.05) is 5.59 Å². The van der Waals surface area contributed by atoms with Gasteiger partial charge in [-0.3, -0.25) is 0 Å². The van der Waals surface area contributed by atoms with Gasteiger partial charge in [0.1, 0.15) is 0 Å². The number of hydrogen-bond donors (Lipinski definition) is 1. The molecule has 1 N–H and O–H groups in total. The van der Waals surface area contributed by atoms with Crippen molar-refractivity contribution in [2.45, 2.75) is 26.1 Å². The molecule has 0 aliphatic heterocycles. The van der Waals surface area contributed by atoms with Gasteiger partial charge in [0.2, 0.25) is 0 Å². The van der Waals surface area contributed by atoms with Crippen molar-refractivity contribution in [3.05, 3.63) is 6.20 Å². The molecule has 1 radical (unpaired) electrons. The number of nitrogens with one attached hydrogen (secondary N) is 1. The van der Waals surface area contributed by atoms with Crippen molar-refractivity contribution in [3.63, 3.8) is 0 Å². The molecular weight excluding hydrogens is 125 g/mol. The van der Waals surface area contributed by atoms with E-state index in [0.29, 0.717) is 0 Å². The first kappa shape index (κ1) is 7.31. The quantitative estimate of drug-likeness (QED) is 0.566. The average molecular weight is 136 g/mol. The van der Waals surface area contributed by atoms with Gasteiger partial charge < -0.3 is 0 Å². The largest absolute Gasteiger partial charge is 0.199 e. The Balaban J connectivity index is 2.57. The molecule has 1 heterocycles. The molecule has 1 aromatic rings. The minimum atomic E-state index is 0.177. The van der Waals surface area contributed by atoms with Gasteiger partial charge in [-0.2, -0.15) is 15.4 Å². The number of aromatic nitrogens is 3. The maximum absolute atomic E-state index is 3.91. The van der Waals surface area contributed by atoms with Gasteiger partial charge in [0.25, 0.3) is 0 Å². The van der Waals surface area contributed by atoms with Crippen LogP contribution in [0, 0.1) is 0 Å². The number of rotatable bonds is 1. The minimum Gasteiger partial charge on any atom is -0.199 e. The van der Waals surface area contributed by atoms with Gasteiger partial charge in [-0.25, -0.2) is 0 Å². The molecule has 0 saturated carbocycles. The van der Waals surface area contributed by atoms with Crippen LogP contribution in [0.2, 0.25) is 5.31 Å². The van der Waals surface area contributed by atoms with Crippen LogP contribution in [0.3, 0.4) is 0 Å². The molecule has 0 saturated heterocycles. The average Bonchev–Trinajstić information content (AvgIpc) is 2.12. The lowest BCUT2D eigenvalue weighted by Gasteiger charge is -2.13. The van der Waals surface area contributed by atoms with E-state index in [4.69, 9.17) is 0 Å². The standard InChI is InChI=1S/C6H11BN3/c1-6(2,3)7-5-4-8-10-9-5/h4H,1-3H3,(H,8,9,10). The van der Waals surface area contributed by atoms with E-state index in [-0.39, 0.29) is 5.31 Å². The fourth-order valence-electron chi connectivity index (χ4n) is 0.724. The SMILES string of the molecule is CC(C)(C)[B]c1cn[nH]n1. The van der Waals surface area contributed by atoms with Crippen LogP contribution >= 0.6 is 0 Å². The highest BCUT2D eigenvalue weighted by atomic mass is 15.3. The monoisotopic (exact) mass is 136 g/mol. The molecule has 0 fully saturated rings. The zero-order chi connectivity index (χ0) is 7.61. The summed E-state index contributed by atoms with van der Waals surface area (Å²) in [4.78, 5) is 0. The molecule has 1 aromatic heterocycles. The van der Waals surface area contributed by atoms with Crippen LogP contribution in [-0.2, 0) is 0 Å². The Morgan fingerprint density at radius 2 is 2.20 bits per heavy atom. The summed E-state index contributed by atoms with van der Waals surface area (Å²) in [6.07, 6.45) is 1.71. The Hall–Kier alpha value is -0.795. The molecule has 0 aliphatic rings. The molecular formula is C6H11BN3. The molecule has 1 rings (SSSR count). The van der Waals surface area contributed by atoms with Crippen molar-refractivity contribution in [3.8, 4) is 0 Å². The molecule has 4 heteroatoms. The summed E-state index contributed by atoms with van der Waals surface area (Å²) in [7, 11) is 2.07. The van der Waals surface area contributed by atoms with E-state index < -0.39 is 0 Å². The smallest absolute Gasteiger partial charge is 0.188 e. The highest BCUT2D eigenvalue weighted by Gasteiger charge is 2.14. The first-order chi connectivity index (χ1) is 4.58. The Labute approximate surface area is 61.5 Å². The second-order valence-corrected chi connectivity index (χ2v) is 3.41. The van der Waals surface area contributed by atoms with Gasteiger partial charge in [0.15, 0.2) is 7.28 Å². The van der Waals surface area contributed by atoms with Crippen LogP contribution < -0.4 is 5.59 Å². The van der Waals surface area contributed by atoms with E-state index in [1.807, 2.05) is 0 Å². The topological polar surface area (TPSA) is 41.6 Å². The summed E-state index contributed by atoms with van der Waals surface area (Å²) in [5.41, 5.74) is 0.910. The van der Waals surface area contributed by atoms with E-state index >= 15 is 0 Å². The zero-order valence-corrected chi connectivity index (χ0v) is 6.55. The Kier molecular flexibility index (Phi) is 1.79. The van der Waals surface area contributed by atoms with Crippen LogP contribution in [0.5, 0.6) is 0 Å². The fraction of sp³-hybridized carbons (Fsp3) is 0.667. The third-order valence-electron chi connectivity index (χ3n) is 1.01. The molecule has 0 aromatic carbocycles. The van der Waals surface area contributed by atoms with Crippen LogP contribution in [0.4, 0.5) is 0 Å². The highest BCUT2D eigenvalue weighted by Crippen LogP contribution is 2.18. The maximum atomic E-state index is 3.91. The van der Waals surface area contributed by atoms with Gasteiger partial charge in [-0.15, -0.1) is 0 Å². The zero-order valence-electron chi connectivity index (χ0n) is 6.55. The summed E-state index contributed by atoms with van der Waals surface area (Å²) in [5, 5.41) is 10.3. The Morgan fingerprint density at radius 1 is 1.50 bits per heavy atom. The maximum Gasteiger partial charge on any atom is 0.188 e. The van der Waals surface area contributed by atoms with Crippen molar-refractivity contribution in [2.24, 2.45) is 0 Å². The van der Waals surface area contributed by atoms with Gasteiger partial charge in [-0.1, -0.05) is 26.1 Å². The van der Waals surface area contributed by atoms with Crippen LogP contribution in [0.15, 0.2) is 6.20 Å². The molecule has 10 heavy (non-hydrogen) atoms. The molecule has 0 amide bonds. The van der Waals surface area contributed by atoms with E-state index in [1.54, 1.807) is 6.20 Å². The van der Waals surface area contributed by atoms with E-state index in [9.17, 15) is 0 Å². The van der Waals surface area contributed by atoms with Crippen LogP contribution in [-0.4, -0.2) is 22.7 Å². The number of nitrogens with zero attached hydrogens (tertiary/aromatic N) is 2. The summed E-state index contributed by atoms with van der Waals surface area (Å²) in [5.74, 6) is 0. The van der Waals surface area contributed by atoms with E-state index in [2.05, 4.69) is 43.5 Å². The van der Waals surface area contributed by atoms with E-state index in [1.165, 1.54) is 0 Å². The Bertz CT molecular complexity index is 187. The summed E-state index contributed by atoms with van der Waals surface area (Å²) < 4.78 is 0. The van der Waals surface area contributed by atoms with Crippen molar-refractivity contribution in [1.82, 2.24) is 15.4 Å². The van der Waals surface area contributed by atoms with Crippen molar-refractivity contribution in [1.29, 1.82) is 0 Å². The molecule has 53 valence electrons. The Morgan fingerprint density at radius 3 is 2.60 bits per heavy atom. The molecule has 3 nitrogen and oxygen atoms in total. The second kappa shape index (κ2) is 2.44. The van der Waals surface area contributed by atoms with Gasteiger partial charge in [0.05, 0.1) is 6.20 Å². The number of aromatic amines is 1. The summed E-state index contributed by atoms with van der Waals surface area (Å²) in [6, 6.07) is 0. The van der Waals surface area contributed by atoms with Crippen molar-refractivity contribution in [2.75, 3.05) is 0 Å². The first-order valence-corrected chi connectivity index (χ1v) is 3.30. The molecule has 0 unspecified atom stereocenters. The second-order valence-electron chi connectivity index (χ2n) is 3.41. The van der Waals surface area contributed by atoms with Gasteiger partial charge in [-0.05, 0) is 0 Å². The van der Waals surface area contributed by atoms with Gasteiger partial charge >= 0.3 is 0 Å². The van der Waals surface area contributed by atoms with Crippen molar-refractivity contribution < 1.29 is 0 Å². The number of H-pyrrole nitrogens is 1. The lowest BCUT2D eigenvalue weighted by atomic mass is 9.53. The predicted octanol–water partition coefficient (Wildman–Crippen LogP) is 0.353. The molecule has 0 bridgehead atoms. The predicted molar refractivity (Wildman–Crippen MR) is 41.5 cm³/mol. The molecule has 0 aliphatic carbocycles. The third kappa shape index (κ3) is 2.21. The normalized spacial score (nSPS) is 11.5. The number of hydrogen-bond acceptors (Lipinski definition) is 2. The lowest BCUT2D eigenvalue weighted by Crippen LogP contribution is -2.24. The minimum absolute atomic E-state index is 0.177.